The lowest BCUT2D eigenvalue weighted by atomic mass is 10.2. The molecule has 2 aromatic carbocycles. The Bertz CT molecular complexity index is 661. The summed E-state index contributed by atoms with van der Waals surface area (Å²) in [7, 11) is 0. The predicted molar refractivity (Wildman–Crippen MR) is 82.2 cm³/mol. The normalized spacial score (nSPS) is 10.2. The minimum atomic E-state index is -0.386. The number of halogens is 1. The second-order valence-electron chi connectivity index (χ2n) is 4.01. The van der Waals surface area contributed by atoms with E-state index in [4.69, 9.17) is 0 Å². The Kier molecular flexibility index (Phi) is 4.92. The van der Waals surface area contributed by atoms with Crippen LogP contribution in [0.4, 0.5) is 5.69 Å². The minimum absolute atomic E-state index is 0.0958. The zero-order chi connectivity index (χ0) is 14.5. The summed E-state index contributed by atoms with van der Waals surface area (Å²) in [5.74, 6) is 0.478. The Morgan fingerprint density at radius 1 is 1.25 bits per heavy atom. The summed E-state index contributed by atoms with van der Waals surface area (Å²) in [6.07, 6.45) is 0.784. The SMILES string of the molecule is O=Cc1cccc(SCc2ccc(Br)cc2[N+](=O)[O-])c1. The zero-order valence-corrected chi connectivity index (χ0v) is 12.7. The van der Waals surface area contributed by atoms with Crippen LogP contribution in [0.3, 0.4) is 0 Å². The van der Waals surface area contributed by atoms with Crippen molar-refractivity contribution < 1.29 is 9.72 Å². The van der Waals surface area contributed by atoms with Gasteiger partial charge in [0.05, 0.1) is 4.92 Å². The van der Waals surface area contributed by atoms with Gasteiger partial charge >= 0.3 is 0 Å². The van der Waals surface area contributed by atoms with E-state index >= 15 is 0 Å². The highest BCUT2D eigenvalue weighted by molar-refractivity contribution is 9.10. The lowest BCUT2D eigenvalue weighted by Gasteiger charge is -2.04. The van der Waals surface area contributed by atoms with Crippen LogP contribution in [0.25, 0.3) is 0 Å². The zero-order valence-electron chi connectivity index (χ0n) is 10.3. The topological polar surface area (TPSA) is 60.2 Å². The van der Waals surface area contributed by atoms with E-state index < -0.39 is 0 Å². The molecule has 2 aromatic rings. The molecule has 0 spiro atoms. The maximum atomic E-state index is 11.0. The molecule has 0 aromatic heterocycles. The largest absolute Gasteiger partial charge is 0.298 e. The number of hydrogen-bond donors (Lipinski definition) is 0. The summed E-state index contributed by atoms with van der Waals surface area (Å²) in [6, 6.07) is 12.2. The van der Waals surface area contributed by atoms with E-state index in [9.17, 15) is 14.9 Å². The van der Waals surface area contributed by atoms with Gasteiger partial charge in [0.1, 0.15) is 6.29 Å². The van der Waals surface area contributed by atoms with Crippen molar-refractivity contribution in [2.45, 2.75) is 10.6 Å². The molecule has 0 radical (unpaired) electrons. The molecule has 0 N–H and O–H groups in total. The molecule has 102 valence electrons. The maximum absolute atomic E-state index is 11.0. The lowest BCUT2D eigenvalue weighted by Crippen LogP contribution is -1.94. The smallest absolute Gasteiger partial charge is 0.274 e. The molecule has 4 nitrogen and oxygen atoms in total. The van der Waals surface area contributed by atoms with Crippen molar-refractivity contribution in [3.05, 3.63) is 68.2 Å². The molecule has 0 fully saturated rings. The fourth-order valence-corrected chi connectivity index (χ4v) is 2.98. The van der Waals surface area contributed by atoms with E-state index in [1.165, 1.54) is 17.8 Å². The van der Waals surface area contributed by atoms with Crippen LogP contribution in [0, 0.1) is 10.1 Å². The third-order valence-electron chi connectivity index (χ3n) is 2.63. The highest BCUT2D eigenvalue weighted by atomic mass is 79.9. The summed E-state index contributed by atoms with van der Waals surface area (Å²) in [5, 5.41) is 11.0. The number of nitro benzene ring substituents is 1. The van der Waals surface area contributed by atoms with Crippen molar-refractivity contribution >= 4 is 39.7 Å². The van der Waals surface area contributed by atoms with Crippen molar-refractivity contribution in [3.63, 3.8) is 0 Å². The first kappa shape index (κ1) is 14.7. The first-order valence-electron chi connectivity index (χ1n) is 5.71. The first-order valence-corrected chi connectivity index (χ1v) is 7.49. The number of carbonyl (C=O) groups is 1. The second-order valence-corrected chi connectivity index (χ2v) is 5.97. The predicted octanol–water partition coefficient (Wildman–Crippen LogP) is 4.46. The number of thioether (sulfide) groups is 1. The number of aldehydes is 1. The van der Waals surface area contributed by atoms with Gasteiger partial charge in [-0.2, -0.15) is 0 Å². The molecule has 0 atom stereocenters. The van der Waals surface area contributed by atoms with Gasteiger partial charge in [-0.05, 0) is 18.2 Å². The summed E-state index contributed by atoms with van der Waals surface area (Å²) >= 11 is 4.69. The summed E-state index contributed by atoms with van der Waals surface area (Å²) in [6.45, 7) is 0. The van der Waals surface area contributed by atoms with E-state index in [-0.39, 0.29) is 10.6 Å². The third-order valence-corrected chi connectivity index (χ3v) is 4.17. The van der Waals surface area contributed by atoms with Gasteiger partial charge in [0, 0.05) is 32.3 Å². The number of rotatable bonds is 5. The quantitative estimate of drug-likeness (QED) is 0.345. The molecule has 0 saturated carbocycles. The number of nitro groups is 1. The Hall–Kier alpha value is -1.66. The molecule has 20 heavy (non-hydrogen) atoms. The Labute approximate surface area is 128 Å². The average molecular weight is 352 g/mol. The van der Waals surface area contributed by atoms with Crippen LogP contribution in [0.15, 0.2) is 51.8 Å². The molecule has 0 aliphatic carbocycles. The molecule has 0 amide bonds. The Balaban J connectivity index is 2.18. The molecule has 0 heterocycles. The van der Waals surface area contributed by atoms with E-state index in [0.717, 1.165) is 11.2 Å². The van der Waals surface area contributed by atoms with Gasteiger partial charge in [-0.3, -0.25) is 14.9 Å². The van der Waals surface area contributed by atoms with Gasteiger partial charge in [0.25, 0.3) is 5.69 Å². The van der Waals surface area contributed by atoms with Crippen LogP contribution < -0.4 is 0 Å². The molecule has 6 heteroatoms. The lowest BCUT2D eigenvalue weighted by molar-refractivity contribution is -0.385. The first-order chi connectivity index (χ1) is 9.60. The number of hydrogen-bond acceptors (Lipinski definition) is 4. The van der Waals surface area contributed by atoms with Crippen molar-refractivity contribution in [1.29, 1.82) is 0 Å². The molecule has 0 saturated heterocycles. The Morgan fingerprint density at radius 3 is 2.75 bits per heavy atom. The molecule has 0 unspecified atom stereocenters. The fourth-order valence-electron chi connectivity index (χ4n) is 1.67. The molecule has 0 aliphatic heterocycles. The molecule has 0 aliphatic rings. The van der Waals surface area contributed by atoms with Crippen LogP contribution in [0.2, 0.25) is 0 Å². The highest BCUT2D eigenvalue weighted by Gasteiger charge is 2.14. The average Bonchev–Trinajstić information content (AvgIpc) is 2.46. The van der Waals surface area contributed by atoms with Crippen LogP contribution in [-0.4, -0.2) is 11.2 Å². The number of nitrogens with zero attached hydrogens (tertiary/aromatic N) is 1. The van der Waals surface area contributed by atoms with Gasteiger partial charge < -0.3 is 0 Å². The standard InChI is InChI=1S/C14H10BrNO3S/c15-12-5-4-11(14(7-12)16(18)19)9-20-13-3-1-2-10(6-13)8-17/h1-8H,9H2. The monoisotopic (exact) mass is 351 g/mol. The van der Waals surface area contributed by atoms with Gasteiger partial charge in [0.15, 0.2) is 0 Å². The molecular weight excluding hydrogens is 342 g/mol. The van der Waals surface area contributed by atoms with Crippen LogP contribution in [0.1, 0.15) is 15.9 Å². The van der Waals surface area contributed by atoms with Crippen LogP contribution in [-0.2, 0) is 5.75 Å². The van der Waals surface area contributed by atoms with Crippen LogP contribution >= 0.6 is 27.7 Å². The van der Waals surface area contributed by atoms with E-state index in [0.29, 0.717) is 21.4 Å². The van der Waals surface area contributed by atoms with Gasteiger partial charge in [-0.1, -0.05) is 34.1 Å². The second kappa shape index (κ2) is 6.67. The van der Waals surface area contributed by atoms with Crippen molar-refractivity contribution in [3.8, 4) is 0 Å². The highest BCUT2D eigenvalue weighted by Crippen LogP contribution is 2.30. The number of carbonyl (C=O) groups excluding carboxylic acids is 1. The van der Waals surface area contributed by atoms with E-state index in [1.54, 1.807) is 30.3 Å². The molecule has 0 bridgehead atoms. The van der Waals surface area contributed by atoms with Crippen molar-refractivity contribution in [2.24, 2.45) is 0 Å². The summed E-state index contributed by atoms with van der Waals surface area (Å²) < 4.78 is 0.681. The van der Waals surface area contributed by atoms with Gasteiger partial charge in [-0.15, -0.1) is 11.8 Å². The third kappa shape index (κ3) is 3.68. The van der Waals surface area contributed by atoms with E-state index in [1.807, 2.05) is 6.07 Å². The molecular formula is C14H10BrNO3S. The Morgan fingerprint density at radius 2 is 2.05 bits per heavy atom. The summed E-state index contributed by atoms with van der Waals surface area (Å²) in [4.78, 5) is 22.2. The molecule has 2 rings (SSSR count). The van der Waals surface area contributed by atoms with Crippen molar-refractivity contribution in [2.75, 3.05) is 0 Å². The van der Waals surface area contributed by atoms with Gasteiger partial charge in [0.2, 0.25) is 0 Å². The summed E-state index contributed by atoms with van der Waals surface area (Å²) in [5.41, 5.74) is 1.35. The van der Waals surface area contributed by atoms with E-state index in [2.05, 4.69) is 15.9 Å². The maximum Gasteiger partial charge on any atom is 0.274 e. The number of benzene rings is 2. The van der Waals surface area contributed by atoms with Crippen LogP contribution in [0.5, 0.6) is 0 Å². The fraction of sp³-hybridized carbons (Fsp3) is 0.0714. The van der Waals surface area contributed by atoms with Gasteiger partial charge in [-0.25, -0.2) is 0 Å². The van der Waals surface area contributed by atoms with Crippen molar-refractivity contribution in [1.82, 2.24) is 0 Å². The minimum Gasteiger partial charge on any atom is -0.298 e.